The summed E-state index contributed by atoms with van der Waals surface area (Å²) in [7, 11) is 1.61. The first-order chi connectivity index (χ1) is 10.6. The monoisotopic (exact) mass is 318 g/mol. The topological polar surface area (TPSA) is 41.6 Å². The Labute approximate surface area is 137 Å². The van der Waals surface area contributed by atoms with Gasteiger partial charge in [0.1, 0.15) is 5.75 Å². The summed E-state index contributed by atoms with van der Waals surface area (Å²) in [5.74, 6) is 1.26. The van der Waals surface area contributed by atoms with Crippen LogP contribution in [-0.4, -0.2) is 36.1 Å². The molecule has 1 aliphatic heterocycles. The van der Waals surface area contributed by atoms with Gasteiger partial charge in [-0.25, -0.2) is 0 Å². The van der Waals surface area contributed by atoms with Crippen molar-refractivity contribution >= 4 is 29.3 Å². The lowest BCUT2D eigenvalue weighted by molar-refractivity contribution is -0.115. The summed E-state index contributed by atoms with van der Waals surface area (Å²) in [6.07, 6.45) is 5.45. The van der Waals surface area contributed by atoms with Crippen molar-refractivity contribution in [2.75, 3.05) is 20.2 Å². The Kier molecular flexibility index (Phi) is 5.95. The first kappa shape index (κ1) is 16.5. The van der Waals surface area contributed by atoms with E-state index in [-0.39, 0.29) is 5.91 Å². The van der Waals surface area contributed by atoms with Gasteiger partial charge < -0.3 is 9.64 Å². The molecule has 2 rings (SSSR count). The molecule has 1 aromatic rings. The minimum Gasteiger partial charge on any atom is -0.496 e. The quantitative estimate of drug-likeness (QED) is 0.687. The van der Waals surface area contributed by atoms with Crippen LogP contribution in [-0.2, 0) is 4.79 Å². The fourth-order valence-electron chi connectivity index (χ4n) is 2.41. The Morgan fingerprint density at radius 3 is 2.73 bits per heavy atom. The first-order valence-corrected chi connectivity index (χ1v) is 7.92. The zero-order chi connectivity index (χ0) is 15.9. The molecule has 1 aromatic carbocycles. The fourth-order valence-corrected chi connectivity index (χ4v) is 2.69. The zero-order valence-electron chi connectivity index (χ0n) is 13.0. The van der Waals surface area contributed by atoms with E-state index in [1.165, 1.54) is 6.08 Å². The lowest BCUT2D eigenvalue weighted by atomic mass is 10.00. The molecule has 0 radical (unpaired) electrons. The predicted molar refractivity (Wildman–Crippen MR) is 92.7 cm³/mol. The zero-order valence-corrected chi connectivity index (χ0v) is 13.9. The summed E-state index contributed by atoms with van der Waals surface area (Å²) >= 11 is 5.30. The maximum absolute atomic E-state index is 12.0. The average Bonchev–Trinajstić information content (AvgIpc) is 2.53. The highest BCUT2D eigenvalue weighted by atomic mass is 32.1. The Morgan fingerprint density at radius 2 is 2.05 bits per heavy atom. The highest BCUT2D eigenvalue weighted by Crippen LogP contribution is 2.18. The van der Waals surface area contributed by atoms with Crippen LogP contribution in [0.1, 0.15) is 25.3 Å². The molecule has 0 spiro atoms. The summed E-state index contributed by atoms with van der Waals surface area (Å²) in [6, 6.07) is 7.55. The van der Waals surface area contributed by atoms with Crippen LogP contribution in [0.15, 0.2) is 30.3 Å². The maximum atomic E-state index is 12.0. The Bertz CT molecular complexity index is 564. The molecule has 1 heterocycles. The van der Waals surface area contributed by atoms with Crippen molar-refractivity contribution in [2.45, 2.75) is 19.8 Å². The smallest absolute Gasteiger partial charge is 0.250 e. The number of benzene rings is 1. The summed E-state index contributed by atoms with van der Waals surface area (Å²) in [5, 5.41) is 3.28. The summed E-state index contributed by atoms with van der Waals surface area (Å²) in [5.41, 5.74) is 0.859. The van der Waals surface area contributed by atoms with E-state index in [1.807, 2.05) is 24.3 Å². The van der Waals surface area contributed by atoms with Crippen LogP contribution >= 0.6 is 12.2 Å². The molecule has 22 heavy (non-hydrogen) atoms. The van der Waals surface area contributed by atoms with Crippen LogP contribution in [0.5, 0.6) is 5.75 Å². The van der Waals surface area contributed by atoms with E-state index in [2.05, 4.69) is 17.1 Å². The number of hydrogen-bond donors (Lipinski definition) is 1. The number of likely N-dealkylation sites (tertiary alicyclic amines) is 1. The minimum atomic E-state index is -0.213. The van der Waals surface area contributed by atoms with E-state index in [4.69, 9.17) is 17.0 Å². The van der Waals surface area contributed by atoms with Gasteiger partial charge in [0.2, 0.25) is 5.91 Å². The van der Waals surface area contributed by atoms with Crippen molar-refractivity contribution in [3.63, 3.8) is 0 Å². The summed E-state index contributed by atoms with van der Waals surface area (Å²) in [4.78, 5) is 14.0. The Balaban J connectivity index is 1.89. The second-order valence-corrected chi connectivity index (χ2v) is 5.93. The third-order valence-corrected chi connectivity index (χ3v) is 4.21. The number of piperidine rings is 1. The molecular weight excluding hydrogens is 296 g/mol. The molecule has 0 aliphatic carbocycles. The van der Waals surface area contributed by atoms with Crippen molar-refractivity contribution in [3.05, 3.63) is 35.9 Å². The van der Waals surface area contributed by atoms with Gasteiger partial charge in [0.05, 0.1) is 7.11 Å². The molecule has 4 nitrogen and oxygen atoms in total. The summed E-state index contributed by atoms with van der Waals surface area (Å²) < 4.78 is 5.25. The normalized spacial score (nSPS) is 15.8. The molecule has 0 bridgehead atoms. The van der Waals surface area contributed by atoms with Gasteiger partial charge in [-0.15, -0.1) is 0 Å². The van der Waals surface area contributed by atoms with Gasteiger partial charge in [-0.2, -0.15) is 0 Å². The number of amides is 1. The first-order valence-electron chi connectivity index (χ1n) is 7.51. The van der Waals surface area contributed by atoms with Crippen molar-refractivity contribution in [1.29, 1.82) is 0 Å². The average molecular weight is 318 g/mol. The molecular formula is C17H22N2O2S. The van der Waals surface area contributed by atoms with Gasteiger partial charge in [-0.1, -0.05) is 25.1 Å². The second-order valence-electron chi connectivity index (χ2n) is 5.54. The second kappa shape index (κ2) is 7.94. The van der Waals surface area contributed by atoms with E-state index in [0.29, 0.717) is 5.11 Å². The van der Waals surface area contributed by atoms with Gasteiger partial charge in [0.15, 0.2) is 5.11 Å². The van der Waals surface area contributed by atoms with Crippen LogP contribution in [0.3, 0.4) is 0 Å². The molecule has 5 heteroatoms. The van der Waals surface area contributed by atoms with Gasteiger partial charge in [0, 0.05) is 24.7 Å². The number of nitrogens with zero attached hydrogens (tertiary/aromatic N) is 1. The third kappa shape index (κ3) is 4.56. The van der Waals surface area contributed by atoms with Crippen LogP contribution in [0, 0.1) is 5.92 Å². The van der Waals surface area contributed by atoms with Crippen LogP contribution in [0.25, 0.3) is 6.08 Å². The number of ether oxygens (including phenoxy) is 1. The number of rotatable bonds is 3. The van der Waals surface area contributed by atoms with E-state index in [0.717, 1.165) is 43.2 Å². The highest BCUT2D eigenvalue weighted by Gasteiger charge is 2.18. The number of nitrogens with one attached hydrogen (secondary N) is 1. The molecule has 1 aliphatic rings. The number of hydrogen-bond acceptors (Lipinski definition) is 3. The molecule has 0 atom stereocenters. The highest BCUT2D eigenvalue weighted by molar-refractivity contribution is 7.80. The lowest BCUT2D eigenvalue weighted by Gasteiger charge is -2.31. The molecule has 0 unspecified atom stereocenters. The van der Waals surface area contributed by atoms with Crippen LogP contribution in [0.2, 0.25) is 0 Å². The van der Waals surface area contributed by atoms with E-state index >= 15 is 0 Å². The van der Waals surface area contributed by atoms with Crippen molar-refractivity contribution in [2.24, 2.45) is 5.92 Å². The number of methoxy groups -OCH3 is 1. The molecule has 1 N–H and O–H groups in total. The van der Waals surface area contributed by atoms with Gasteiger partial charge in [-0.05, 0) is 43.1 Å². The van der Waals surface area contributed by atoms with E-state index in [1.54, 1.807) is 13.2 Å². The minimum absolute atomic E-state index is 0.213. The Morgan fingerprint density at radius 1 is 1.36 bits per heavy atom. The van der Waals surface area contributed by atoms with E-state index < -0.39 is 0 Å². The molecule has 1 fully saturated rings. The van der Waals surface area contributed by atoms with Crippen LogP contribution in [0.4, 0.5) is 0 Å². The number of carbonyl (C=O) groups is 1. The fraction of sp³-hybridized carbons (Fsp3) is 0.412. The molecule has 1 saturated heterocycles. The lowest BCUT2D eigenvalue weighted by Crippen LogP contribution is -2.45. The standard InChI is InChI=1S/C17H22N2O2S/c1-13-9-11-19(12-10-13)17(22)18-16(20)8-7-14-5-3-4-6-15(14)21-2/h3-8,13H,9-12H2,1-2H3,(H,18,20,22)/b8-7+. The maximum Gasteiger partial charge on any atom is 0.250 e. The van der Waals surface area contributed by atoms with Crippen LogP contribution < -0.4 is 10.1 Å². The largest absolute Gasteiger partial charge is 0.496 e. The number of para-hydroxylation sites is 1. The number of thiocarbonyl (C=S) groups is 1. The van der Waals surface area contributed by atoms with Gasteiger partial charge in [0.25, 0.3) is 0 Å². The Hall–Kier alpha value is -1.88. The molecule has 0 saturated carbocycles. The van der Waals surface area contributed by atoms with E-state index in [9.17, 15) is 4.79 Å². The SMILES string of the molecule is COc1ccccc1/C=C/C(=O)NC(=S)N1CCC(C)CC1. The van der Waals surface area contributed by atoms with Gasteiger partial charge in [-0.3, -0.25) is 10.1 Å². The summed E-state index contributed by atoms with van der Waals surface area (Å²) in [6.45, 7) is 4.07. The van der Waals surface area contributed by atoms with Crippen molar-refractivity contribution in [3.8, 4) is 5.75 Å². The number of carbonyl (C=O) groups excluding carboxylic acids is 1. The molecule has 1 amide bonds. The third-order valence-electron chi connectivity index (χ3n) is 3.85. The van der Waals surface area contributed by atoms with Crippen molar-refractivity contribution in [1.82, 2.24) is 10.2 Å². The van der Waals surface area contributed by atoms with Gasteiger partial charge >= 0.3 is 0 Å². The van der Waals surface area contributed by atoms with Crippen molar-refractivity contribution < 1.29 is 9.53 Å². The molecule has 0 aromatic heterocycles. The molecule has 118 valence electrons. The predicted octanol–water partition coefficient (Wildman–Crippen LogP) is 2.84.